The van der Waals surface area contributed by atoms with E-state index in [1.54, 1.807) is 0 Å². The number of aliphatic carboxylic acids is 2. The lowest BCUT2D eigenvalue weighted by Crippen LogP contribution is -2.71. The number of carbonyl (C=O) groups excluding carboxylic acids is 2. The Balaban J connectivity index is 0.00000176. The van der Waals surface area contributed by atoms with Gasteiger partial charge >= 0.3 is 11.9 Å². The molecule has 0 aliphatic carbocycles. The number of rotatable bonds is 8. The van der Waals surface area contributed by atoms with Gasteiger partial charge in [0, 0.05) is 11.1 Å². The number of aromatic nitrogens is 1. The van der Waals surface area contributed by atoms with E-state index in [4.69, 9.17) is 10.8 Å². The summed E-state index contributed by atoms with van der Waals surface area (Å²) in [7, 11) is 0. The Kier molecular flexibility index (Phi) is 7.99. The summed E-state index contributed by atoms with van der Waals surface area (Å²) in [5, 5.41) is 25.0. The summed E-state index contributed by atoms with van der Waals surface area (Å²) >= 11 is 2.30. The Bertz CT molecular complexity index is 1050. The lowest BCUT2D eigenvalue weighted by atomic mass is 10.0. The third-order valence-electron chi connectivity index (χ3n) is 4.06. The van der Waals surface area contributed by atoms with Crippen LogP contribution in [0.5, 0.6) is 0 Å². The van der Waals surface area contributed by atoms with E-state index in [-0.39, 0.29) is 22.2 Å². The normalized spacial score (nSPS) is 19.6. The Hall–Kier alpha value is -3.83. The molecule has 1 aromatic heterocycles. The average molecular weight is 479 g/mol. The number of terminal acetylenes is 1. The van der Waals surface area contributed by atoms with Gasteiger partial charge in [-0.05, 0) is 5.57 Å². The average Bonchev–Trinajstić information content (AvgIpc) is 3.20. The second kappa shape index (κ2) is 10.5. The van der Waals surface area contributed by atoms with Crippen molar-refractivity contribution in [2.24, 2.45) is 5.16 Å². The summed E-state index contributed by atoms with van der Waals surface area (Å²) in [6.45, 7) is 2.77. The zero-order chi connectivity index (χ0) is 24.0. The number of nitrogen functional groups attached to an aromatic ring is 1. The zero-order valence-electron chi connectivity index (χ0n) is 16.3. The lowest BCUT2D eigenvalue weighted by Gasteiger charge is -2.49. The third-order valence-corrected chi connectivity index (χ3v) is 6.03. The fourth-order valence-electron chi connectivity index (χ4n) is 2.76. The van der Waals surface area contributed by atoms with Crippen molar-refractivity contribution in [2.75, 3.05) is 18.1 Å². The third kappa shape index (κ3) is 4.90. The van der Waals surface area contributed by atoms with Crippen molar-refractivity contribution in [3.63, 3.8) is 0 Å². The van der Waals surface area contributed by atoms with Gasteiger partial charge in [0.05, 0.1) is 0 Å². The SMILES string of the molecule is C#C.C=CC1=C(C(=O)O)N2C(=O)[C@@H](NC(=O)/C(=N\OCC(=O)O)c3csc(N)n3)C2SC1. The first-order valence-corrected chi connectivity index (χ1v) is 10.5. The first kappa shape index (κ1) is 24.4. The van der Waals surface area contributed by atoms with Gasteiger partial charge in [-0.2, -0.15) is 0 Å². The van der Waals surface area contributed by atoms with Crippen molar-refractivity contribution in [1.82, 2.24) is 15.2 Å². The molecule has 14 heteroatoms. The van der Waals surface area contributed by atoms with Gasteiger partial charge in [-0.1, -0.05) is 17.8 Å². The number of carbonyl (C=O) groups is 4. The van der Waals surface area contributed by atoms with Crippen molar-refractivity contribution < 1.29 is 34.2 Å². The molecule has 0 saturated carbocycles. The van der Waals surface area contributed by atoms with Gasteiger partial charge in [0.15, 0.2) is 10.8 Å². The minimum atomic E-state index is -1.30. The molecular weight excluding hydrogens is 462 g/mol. The maximum Gasteiger partial charge on any atom is 0.352 e. The van der Waals surface area contributed by atoms with E-state index in [1.165, 1.54) is 23.2 Å². The lowest BCUT2D eigenvalue weighted by molar-refractivity contribution is -0.150. The van der Waals surface area contributed by atoms with Crippen molar-refractivity contribution in [2.45, 2.75) is 11.4 Å². The van der Waals surface area contributed by atoms with Gasteiger partial charge in [-0.15, -0.1) is 35.9 Å². The zero-order valence-corrected chi connectivity index (χ0v) is 17.9. The second-order valence-electron chi connectivity index (χ2n) is 5.92. The van der Waals surface area contributed by atoms with E-state index in [9.17, 15) is 24.3 Å². The summed E-state index contributed by atoms with van der Waals surface area (Å²) in [6, 6.07) is -1.01. The van der Waals surface area contributed by atoms with Crippen LogP contribution in [-0.4, -0.2) is 73.3 Å². The molecule has 5 N–H and O–H groups in total. The minimum Gasteiger partial charge on any atom is -0.479 e. The van der Waals surface area contributed by atoms with E-state index in [0.29, 0.717) is 11.3 Å². The number of oxime groups is 1. The summed E-state index contributed by atoms with van der Waals surface area (Å²) in [5.41, 5.74) is 5.48. The Labute approximate surface area is 189 Å². The van der Waals surface area contributed by atoms with E-state index >= 15 is 0 Å². The maximum atomic E-state index is 12.7. The molecule has 2 aliphatic rings. The number of thioether (sulfide) groups is 1. The van der Waals surface area contributed by atoms with Crippen LogP contribution in [-0.2, 0) is 24.0 Å². The number of allylic oxidation sites excluding steroid dienone is 1. The predicted octanol–water partition coefficient (Wildman–Crippen LogP) is -0.295. The number of hydrogen-bond donors (Lipinski definition) is 4. The van der Waals surface area contributed by atoms with Crippen LogP contribution in [0.25, 0.3) is 0 Å². The summed E-state index contributed by atoms with van der Waals surface area (Å²) < 4.78 is 0. The molecule has 3 rings (SSSR count). The van der Waals surface area contributed by atoms with Crippen LogP contribution in [0.1, 0.15) is 5.69 Å². The summed E-state index contributed by atoms with van der Waals surface area (Å²) in [4.78, 5) is 57.1. The summed E-state index contributed by atoms with van der Waals surface area (Å²) in [5.74, 6) is -3.72. The molecule has 2 aliphatic heterocycles. The number of nitrogens with zero attached hydrogens (tertiary/aromatic N) is 3. The quantitative estimate of drug-likeness (QED) is 0.167. The fraction of sp³-hybridized carbons (Fsp3) is 0.222. The highest BCUT2D eigenvalue weighted by molar-refractivity contribution is 8.00. The molecule has 32 heavy (non-hydrogen) atoms. The smallest absolute Gasteiger partial charge is 0.352 e. The minimum absolute atomic E-state index is 0.0420. The number of amides is 2. The number of β-lactam (4-membered cyclic amide) rings is 1. The van der Waals surface area contributed by atoms with E-state index in [1.807, 2.05) is 0 Å². The molecule has 3 heterocycles. The molecule has 0 radical (unpaired) electrons. The van der Waals surface area contributed by atoms with Crippen molar-refractivity contribution in [3.8, 4) is 12.8 Å². The van der Waals surface area contributed by atoms with Gasteiger partial charge in [0.25, 0.3) is 11.8 Å². The van der Waals surface area contributed by atoms with Crippen LogP contribution >= 0.6 is 23.1 Å². The molecule has 2 atom stereocenters. The molecule has 1 aromatic rings. The number of carboxylic acid groups (broad SMARTS) is 2. The molecular formula is C18H17N5O7S2. The van der Waals surface area contributed by atoms with Crippen LogP contribution in [0.15, 0.2) is 34.5 Å². The van der Waals surface area contributed by atoms with Crippen LogP contribution in [0.2, 0.25) is 0 Å². The van der Waals surface area contributed by atoms with Gasteiger partial charge < -0.3 is 26.1 Å². The van der Waals surface area contributed by atoms with Gasteiger partial charge in [-0.3, -0.25) is 14.5 Å². The highest BCUT2D eigenvalue weighted by atomic mass is 32.2. The van der Waals surface area contributed by atoms with Gasteiger partial charge in [0.1, 0.15) is 22.8 Å². The van der Waals surface area contributed by atoms with E-state index < -0.39 is 41.8 Å². The number of hydrogen-bond acceptors (Lipinski definition) is 10. The number of nitrogens with two attached hydrogens (primary N) is 1. The van der Waals surface area contributed by atoms with Crippen LogP contribution < -0.4 is 11.1 Å². The monoisotopic (exact) mass is 479 g/mol. The van der Waals surface area contributed by atoms with E-state index in [2.05, 4.69) is 39.7 Å². The highest BCUT2D eigenvalue weighted by Crippen LogP contribution is 2.40. The van der Waals surface area contributed by atoms with Crippen molar-refractivity contribution in [1.29, 1.82) is 0 Å². The van der Waals surface area contributed by atoms with Crippen molar-refractivity contribution >= 4 is 57.7 Å². The van der Waals surface area contributed by atoms with E-state index in [0.717, 1.165) is 16.2 Å². The fourth-order valence-corrected chi connectivity index (χ4v) is 4.65. The molecule has 2 amide bonds. The molecule has 168 valence electrons. The van der Waals surface area contributed by atoms with Crippen LogP contribution in [0.3, 0.4) is 0 Å². The number of thiazole rings is 1. The molecule has 0 bridgehead atoms. The van der Waals surface area contributed by atoms with Gasteiger partial charge in [0.2, 0.25) is 6.61 Å². The molecule has 1 fully saturated rings. The van der Waals surface area contributed by atoms with Crippen LogP contribution in [0, 0.1) is 12.8 Å². The Morgan fingerprint density at radius 1 is 1.44 bits per heavy atom. The first-order valence-electron chi connectivity index (χ1n) is 8.55. The molecule has 0 aromatic carbocycles. The second-order valence-corrected chi connectivity index (χ2v) is 7.92. The number of fused-ring (bicyclic) bond motifs is 1. The molecule has 1 unspecified atom stereocenters. The first-order chi connectivity index (χ1) is 15.2. The standard InChI is InChI=1S/C16H15N5O7S2.C2H2/c1-2-6-4-29-14-10(13(25)21(14)11(6)15(26)27)19-12(24)9(20-28-3-8(22)23)7-5-30-16(17)18-7;1-2/h2,5,10,14H,1,3-4H2,(H2,17,18)(H,19,24)(H,22,23)(H,26,27);1-2H/b20-9-;/t10-,14?;/m1./s1. The molecule has 1 saturated heterocycles. The maximum absolute atomic E-state index is 12.7. The van der Waals surface area contributed by atoms with Crippen molar-refractivity contribution in [3.05, 3.63) is 35.0 Å². The van der Waals surface area contributed by atoms with Crippen LogP contribution in [0.4, 0.5) is 5.13 Å². The largest absolute Gasteiger partial charge is 0.479 e. The topological polar surface area (TPSA) is 185 Å². The molecule has 0 spiro atoms. The number of nitrogens with one attached hydrogen (secondary N) is 1. The summed E-state index contributed by atoms with van der Waals surface area (Å²) in [6.07, 6.45) is 9.38. The Morgan fingerprint density at radius 2 is 2.12 bits per heavy atom. The van der Waals surface area contributed by atoms with Gasteiger partial charge in [-0.25, -0.2) is 14.6 Å². The molecule has 12 nitrogen and oxygen atoms in total. The number of carboxylic acids is 2. The highest BCUT2D eigenvalue weighted by Gasteiger charge is 2.54. The predicted molar refractivity (Wildman–Crippen MR) is 116 cm³/mol. The Morgan fingerprint density at radius 3 is 2.66 bits per heavy atom. The number of anilines is 1.